The lowest BCUT2D eigenvalue weighted by atomic mass is 10.2. The first kappa shape index (κ1) is 16.3. The Kier molecular flexibility index (Phi) is 4.73. The molecule has 2 aromatic carbocycles. The lowest BCUT2D eigenvalue weighted by Gasteiger charge is -2.23. The summed E-state index contributed by atoms with van der Waals surface area (Å²) >= 11 is 5.98. The number of hydrogen-bond donors (Lipinski definition) is 1. The first-order chi connectivity index (χ1) is 10.4. The van der Waals surface area contributed by atoms with Crippen LogP contribution in [0.15, 0.2) is 53.4 Å². The zero-order valence-electron chi connectivity index (χ0n) is 11.7. The van der Waals surface area contributed by atoms with E-state index in [1.807, 2.05) is 0 Å². The minimum Gasteiger partial charge on any atom is -0.478 e. The van der Waals surface area contributed by atoms with Crippen LogP contribution in [0.1, 0.15) is 17.3 Å². The van der Waals surface area contributed by atoms with Crippen molar-refractivity contribution in [2.75, 3.05) is 10.8 Å². The van der Waals surface area contributed by atoms with E-state index in [0.717, 1.165) is 6.07 Å². The fraction of sp³-hybridized carbons (Fsp3) is 0.133. The van der Waals surface area contributed by atoms with E-state index in [4.69, 9.17) is 16.7 Å². The quantitative estimate of drug-likeness (QED) is 0.907. The summed E-state index contributed by atoms with van der Waals surface area (Å²) in [6, 6.07) is 12.2. The van der Waals surface area contributed by atoms with Gasteiger partial charge in [0.15, 0.2) is 0 Å². The molecule has 7 heteroatoms. The number of para-hydroxylation sites is 1. The van der Waals surface area contributed by atoms with E-state index in [0.29, 0.717) is 5.69 Å². The van der Waals surface area contributed by atoms with E-state index in [1.165, 1.54) is 16.4 Å². The van der Waals surface area contributed by atoms with Crippen LogP contribution in [0.25, 0.3) is 0 Å². The Bertz CT molecular complexity index is 790. The van der Waals surface area contributed by atoms with Crippen LogP contribution >= 0.6 is 11.6 Å². The van der Waals surface area contributed by atoms with Crippen molar-refractivity contribution in [2.45, 2.75) is 11.8 Å². The zero-order chi connectivity index (χ0) is 16.3. The molecule has 5 nitrogen and oxygen atoms in total. The van der Waals surface area contributed by atoms with Crippen LogP contribution < -0.4 is 4.31 Å². The Morgan fingerprint density at radius 2 is 1.82 bits per heavy atom. The minimum atomic E-state index is -3.95. The standard InChI is InChI=1S/C15H14ClNO4S/c1-2-17(12-6-4-3-5-7-12)22(20,21)14-10-11(15(18)19)8-9-13(14)16/h3-10H,2H2,1H3,(H,18,19). The molecule has 0 bridgehead atoms. The lowest BCUT2D eigenvalue weighted by molar-refractivity contribution is 0.0696. The van der Waals surface area contributed by atoms with Gasteiger partial charge in [0, 0.05) is 6.54 Å². The van der Waals surface area contributed by atoms with Gasteiger partial charge in [0.25, 0.3) is 10.0 Å². The van der Waals surface area contributed by atoms with Gasteiger partial charge in [-0.15, -0.1) is 0 Å². The van der Waals surface area contributed by atoms with Gasteiger partial charge < -0.3 is 5.11 Å². The van der Waals surface area contributed by atoms with E-state index < -0.39 is 16.0 Å². The average molecular weight is 340 g/mol. The second-order valence-corrected chi connectivity index (χ2v) is 6.69. The van der Waals surface area contributed by atoms with Crippen molar-refractivity contribution in [2.24, 2.45) is 0 Å². The van der Waals surface area contributed by atoms with Crippen LogP contribution in [0.2, 0.25) is 5.02 Å². The minimum absolute atomic E-state index is 0.0145. The van der Waals surface area contributed by atoms with Crippen molar-refractivity contribution in [3.63, 3.8) is 0 Å². The molecular weight excluding hydrogens is 326 g/mol. The fourth-order valence-corrected chi connectivity index (χ4v) is 4.02. The molecule has 0 radical (unpaired) electrons. The predicted octanol–water partition coefficient (Wildman–Crippen LogP) is 3.25. The monoisotopic (exact) mass is 339 g/mol. The van der Waals surface area contributed by atoms with Crippen LogP contribution in [0.3, 0.4) is 0 Å². The molecule has 0 unspecified atom stereocenters. The Morgan fingerprint density at radius 3 is 2.36 bits per heavy atom. The highest BCUT2D eigenvalue weighted by Crippen LogP contribution is 2.29. The molecule has 0 saturated carbocycles. The maximum absolute atomic E-state index is 12.8. The van der Waals surface area contributed by atoms with E-state index in [1.54, 1.807) is 37.3 Å². The highest BCUT2D eigenvalue weighted by atomic mass is 35.5. The molecular formula is C15H14ClNO4S. The average Bonchev–Trinajstić information content (AvgIpc) is 2.48. The van der Waals surface area contributed by atoms with Crippen molar-refractivity contribution in [3.05, 3.63) is 59.1 Å². The number of anilines is 1. The predicted molar refractivity (Wildman–Crippen MR) is 85.1 cm³/mol. The lowest BCUT2D eigenvalue weighted by Crippen LogP contribution is -2.31. The van der Waals surface area contributed by atoms with Crippen molar-refractivity contribution in [3.8, 4) is 0 Å². The van der Waals surface area contributed by atoms with Gasteiger partial charge >= 0.3 is 5.97 Å². The maximum atomic E-state index is 12.8. The number of nitrogens with zero attached hydrogens (tertiary/aromatic N) is 1. The third-order valence-corrected chi connectivity index (χ3v) is 5.46. The fourth-order valence-electron chi connectivity index (χ4n) is 2.04. The molecule has 1 N–H and O–H groups in total. The van der Waals surface area contributed by atoms with Gasteiger partial charge in [-0.05, 0) is 37.3 Å². The van der Waals surface area contributed by atoms with Gasteiger partial charge in [0.1, 0.15) is 4.90 Å². The molecule has 0 spiro atoms. The number of rotatable bonds is 5. The summed E-state index contributed by atoms with van der Waals surface area (Å²) < 4.78 is 26.8. The van der Waals surface area contributed by atoms with Crippen LogP contribution in [0.4, 0.5) is 5.69 Å². The van der Waals surface area contributed by atoms with Crippen LogP contribution in [-0.2, 0) is 10.0 Å². The van der Waals surface area contributed by atoms with E-state index in [9.17, 15) is 13.2 Å². The summed E-state index contributed by atoms with van der Waals surface area (Å²) in [4.78, 5) is 10.8. The maximum Gasteiger partial charge on any atom is 0.335 e. The van der Waals surface area contributed by atoms with Gasteiger partial charge in [-0.25, -0.2) is 13.2 Å². The Labute approximate surface area is 133 Å². The van der Waals surface area contributed by atoms with E-state index in [-0.39, 0.29) is 22.0 Å². The van der Waals surface area contributed by atoms with Crippen LogP contribution in [0.5, 0.6) is 0 Å². The highest BCUT2D eigenvalue weighted by molar-refractivity contribution is 7.93. The van der Waals surface area contributed by atoms with Gasteiger partial charge in [-0.3, -0.25) is 4.31 Å². The second kappa shape index (κ2) is 6.37. The number of benzene rings is 2. The summed E-state index contributed by atoms with van der Waals surface area (Å²) in [7, 11) is -3.95. The molecule has 0 aliphatic heterocycles. The van der Waals surface area contributed by atoms with Crippen molar-refractivity contribution in [1.82, 2.24) is 0 Å². The zero-order valence-corrected chi connectivity index (χ0v) is 13.3. The number of carboxylic acid groups (broad SMARTS) is 1. The summed E-state index contributed by atoms with van der Waals surface area (Å²) in [5.41, 5.74) is 0.355. The van der Waals surface area contributed by atoms with E-state index in [2.05, 4.69) is 0 Å². The van der Waals surface area contributed by atoms with Gasteiger partial charge in [0.2, 0.25) is 0 Å². The Balaban J connectivity index is 2.58. The molecule has 0 fully saturated rings. The topological polar surface area (TPSA) is 74.7 Å². The molecule has 22 heavy (non-hydrogen) atoms. The first-order valence-corrected chi connectivity index (χ1v) is 8.30. The normalized spacial score (nSPS) is 11.2. The second-order valence-electron chi connectivity index (χ2n) is 4.46. The van der Waals surface area contributed by atoms with Gasteiger partial charge in [-0.1, -0.05) is 29.8 Å². The Hall–Kier alpha value is -2.05. The van der Waals surface area contributed by atoms with Gasteiger partial charge in [0.05, 0.1) is 16.3 Å². The summed E-state index contributed by atoms with van der Waals surface area (Å²) in [6.45, 7) is 1.89. The SMILES string of the molecule is CCN(c1ccccc1)S(=O)(=O)c1cc(C(=O)O)ccc1Cl. The van der Waals surface area contributed by atoms with Gasteiger partial charge in [-0.2, -0.15) is 0 Å². The smallest absolute Gasteiger partial charge is 0.335 e. The number of halogens is 1. The largest absolute Gasteiger partial charge is 0.478 e. The molecule has 2 aromatic rings. The highest BCUT2D eigenvalue weighted by Gasteiger charge is 2.27. The molecule has 116 valence electrons. The molecule has 0 saturated heterocycles. The van der Waals surface area contributed by atoms with Crippen molar-refractivity contribution >= 4 is 33.3 Å². The number of aromatic carboxylic acids is 1. The third kappa shape index (κ3) is 3.08. The molecule has 0 aliphatic rings. The van der Waals surface area contributed by atoms with E-state index >= 15 is 0 Å². The number of carbonyl (C=O) groups is 1. The third-order valence-electron chi connectivity index (χ3n) is 3.08. The number of sulfonamides is 1. The van der Waals surface area contributed by atoms with Crippen molar-refractivity contribution in [1.29, 1.82) is 0 Å². The van der Waals surface area contributed by atoms with Crippen molar-refractivity contribution < 1.29 is 18.3 Å². The molecule has 2 rings (SSSR count). The molecule has 0 amide bonds. The number of hydrogen-bond acceptors (Lipinski definition) is 3. The Morgan fingerprint density at radius 1 is 1.18 bits per heavy atom. The molecule has 0 heterocycles. The molecule has 0 aromatic heterocycles. The number of carboxylic acids is 1. The molecule has 0 atom stereocenters. The first-order valence-electron chi connectivity index (χ1n) is 6.48. The van der Waals surface area contributed by atoms with Crippen LogP contribution in [-0.4, -0.2) is 26.0 Å². The van der Waals surface area contributed by atoms with Crippen LogP contribution in [0, 0.1) is 0 Å². The molecule has 0 aliphatic carbocycles. The summed E-state index contributed by atoms with van der Waals surface area (Å²) in [5.74, 6) is -1.21. The summed E-state index contributed by atoms with van der Waals surface area (Å²) in [5, 5.41) is 9.01. The summed E-state index contributed by atoms with van der Waals surface area (Å²) in [6.07, 6.45) is 0.